The number of H-pyrrole nitrogens is 1. The number of hydrogen-bond donors (Lipinski definition) is 2. The molecule has 2 N–H and O–H groups in total. The molecule has 0 spiro atoms. The molecular weight excluding hydrogens is 386 g/mol. The Labute approximate surface area is 172 Å². The van der Waals surface area contributed by atoms with E-state index in [0.29, 0.717) is 27.8 Å². The lowest BCUT2D eigenvalue weighted by Gasteiger charge is -2.11. The minimum atomic E-state index is -0.255. The molecule has 1 aromatic carbocycles. The molecule has 0 aliphatic rings. The molecule has 0 saturated heterocycles. The number of nitrogens with one attached hydrogen (secondary N) is 2. The zero-order valence-corrected chi connectivity index (χ0v) is 17.3. The fourth-order valence-electron chi connectivity index (χ4n) is 2.83. The summed E-state index contributed by atoms with van der Waals surface area (Å²) in [4.78, 5) is 28.9. The number of nitrogens with zero attached hydrogens (tertiary/aromatic N) is 3. The van der Waals surface area contributed by atoms with Crippen LogP contribution in [-0.4, -0.2) is 26.4 Å². The van der Waals surface area contributed by atoms with Crippen LogP contribution >= 0.6 is 11.8 Å². The minimum absolute atomic E-state index is 0.224. The first kappa shape index (κ1) is 20.4. The van der Waals surface area contributed by atoms with Crippen LogP contribution in [0.4, 0.5) is 5.82 Å². The number of nitriles is 1. The molecule has 8 heteroatoms. The first-order chi connectivity index (χ1) is 13.9. The predicted octanol–water partition coefficient (Wildman–Crippen LogP) is 3.48. The Morgan fingerprint density at radius 1 is 1.24 bits per heavy atom. The Morgan fingerprint density at radius 2 is 1.97 bits per heavy atom. The van der Waals surface area contributed by atoms with Crippen LogP contribution in [0.25, 0.3) is 5.69 Å². The molecule has 0 aliphatic carbocycles. The summed E-state index contributed by atoms with van der Waals surface area (Å²) < 4.78 is 1.37. The molecular formula is C21H21N5O2S. The van der Waals surface area contributed by atoms with Crippen molar-refractivity contribution in [3.8, 4) is 11.8 Å². The largest absolute Gasteiger partial charge is 0.311 e. The molecule has 1 amide bonds. The molecule has 0 radical (unpaired) electrons. The molecule has 0 fully saturated rings. The van der Waals surface area contributed by atoms with Gasteiger partial charge in [0, 0.05) is 23.9 Å². The van der Waals surface area contributed by atoms with E-state index in [2.05, 4.69) is 21.5 Å². The van der Waals surface area contributed by atoms with E-state index in [9.17, 15) is 14.9 Å². The summed E-state index contributed by atoms with van der Waals surface area (Å²) in [5, 5.41) is 15.7. The lowest BCUT2D eigenvalue weighted by atomic mass is 10.1. The van der Waals surface area contributed by atoms with Gasteiger partial charge in [-0.3, -0.25) is 14.7 Å². The number of aryl methyl sites for hydroxylation is 1. The van der Waals surface area contributed by atoms with Crippen molar-refractivity contribution in [1.82, 2.24) is 14.8 Å². The Hall–Kier alpha value is -3.31. The van der Waals surface area contributed by atoms with Gasteiger partial charge in [0.15, 0.2) is 0 Å². The average Bonchev–Trinajstić information content (AvgIpc) is 3.07. The van der Waals surface area contributed by atoms with E-state index in [1.165, 1.54) is 22.5 Å². The van der Waals surface area contributed by atoms with Crippen LogP contribution in [0.2, 0.25) is 0 Å². The van der Waals surface area contributed by atoms with Gasteiger partial charge in [0.2, 0.25) is 5.91 Å². The number of hydrogen-bond acceptors (Lipinski definition) is 5. The van der Waals surface area contributed by atoms with Crippen molar-refractivity contribution in [1.29, 1.82) is 5.26 Å². The van der Waals surface area contributed by atoms with Crippen LogP contribution in [0.5, 0.6) is 0 Å². The Balaban J connectivity index is 1.62. The standard InChI is InChI=1S/C21H21N5O2S/c1-13-14(2)17(12-22)21(23-15(13)3)29-10-9-19(27)24-18-11-20(28)26(25-18)16-7-5-4-6-8-16/h4-8,11,25H,9-10H2,1-3H3,(H,24,27). The summed E-state index contributed by atoms with van der Waals surface area (Å²) >= 11 is 1.38. The Bertz CT molecular complexity index is 1140. The number of thioether (sulfide) groups is 1. The van der Waals surface area contributed by atoms with Crippen molar-refractivity contribution in [2.45, 2.75) is 32.2 Å². The van der Waals surface area contributed by atoms with E-state index >= 15 is 0 Å². The first-order valence-corrected chi connectivity index (χ1v) is 10.1. The SMILES string of the molecule is Cc1nc(SCCC(=O)Nc2cc(=O)n(-c3ccccc3)[nH]2)c(C#N)c(C)c1C. The molecule has 2 heterocycles. The maximum Gasteiger partial charge on any atom is 0.273 e. The van der Waals surface area contributed by atoms with Gasteiger partial charge < -0.3 is 5.32 Å². The summed E-state index contributed by atoms with van der Waals surface area (Å²) in [5.41, 5.74) is 3.81. The van der Waals surface area contributed by atoms with Gasteiger partial charge in [-0.15, -0.1) is 11.8 Å². The summed E-state index contributed by atoms with van der Waals surface area (Å²) in [6.07, 6.45) is 0.224. The maximum absolute atomic E-state index is 12.3. The zero-order chi connectivity index (χ0) is 21.0. The molecule has 148 valence electrons. The third kappa shape index (κ3) is 4.58. The van der Waals surface area contributed by atoms with Crippen LogP contribution in [0.3, 0.4) is 0 Å². The molecule has 0 aliphatic heterocycles. The second-order valence-electron chi connectivity index (χ2n) is 6.56. The summed E-state index contributed by atoms with van der Waals surface area (Å²) in [6, 6.07) is 12.7. The molecule has 0 bridgehead atoms. The summed E-state index contributed by atoms with van der Waals surface area (Å²) in [7, 11) is 0. The van der Waals surface area contributed by atoms with E-state index in [0.717, 1.165) is 16.8 Å². The Kier molecular flexibility index (Phi) is 6.20. The van der Waals surface area contributed by atoms with Crippen LogP contribution in [0, 0.1) is 32.1 Å². The number of anilines is 1. The van der Waals surface area contributed by atoms with Gasteiger partial charge in [-0.1, -0.05) is 18.2 Å². The topological polar surface area (TPSA) is 104 Å². The third-order valence-electron chi connectivity index (χ3n) is 4.65. The van der Waals surface area contributed by atoms with Crippen LogP contribution in [0.15, 0.2) is 46.2 Å². The van der Waals surface area contributed by atoms with Gasteiger partial charge in [-0.25, -0.2) is 9.67 Å². The highest BCUT2D eigenvalue weighted by molar-refractivity contribution is 7.99. The van der Waals surface area contributed by atoms with Crippen molar-refractivity contribution in [3.05, 3.63) is 69.1 Å². The highest BCUT2D eigenvalue weighted by Crippen LogP contribution is 2.26. The second kappa shape index (κ2) is 8.80. The fourth-order valence-corrected chi connectivity index (χ4v) is 3.85. The van der Waals surface area contributed by atoms with Crippen molar-refractivity contribution in [2.75, 3.05) is 11.1 Å². The van der Waals surface area contributed by atoms with Gasteiger partial charge in [0.25, 0.3) is 5.56 Å². The smallest absolute Gasteiger partial charge is 0.273 e. The number of rotatable bonds is 6. The van der Waals surface area contributed by atoms with E-state index in [-0.39, 0.29) is 17.9 Å². The molecule has 7 nitrogen and oxygen atoms in total. The van der Waals surface area contributed by atoms with Gasteiger partial charge in [-0.2, -0.15) is 5.26 Å². The van der Waals surface area contributed by atoms with Gasteiger partial charge in [-0.05, 0) is 44.0 Å². The normalized spacial score (nSPS) is 10.6. The monoisotopic (exact) mass is 407 g/mol. The predicted molar refractivity (Wildman–Crippen MR) is 114 cm³/mol. The van der Waals surface area contributed by atoms with Gasteiger partial charge in [0.05, 0.1) is 11.3 Å². The first-order valence-electron chi connectivity index (χ1n) is 9.08. The van der Waals surface area contributed by atoms with Gasteiger partial charge >= 0.3 is 0 Å². The van der Waals surface area contributed by atoms with Gasteiger partial charge in [0.1, 0.15) is 16.9 Å². The quantitative estimate of drug-likeness (QED) is 0.609. The highest BCUT2D eigenvalue weighted by Gasteiger charge is 2.14. The maximum atomic E-state index is 12.3. The molecule has 0 unspecified atom stereocenters. The molecule has 3 rings (SSSR count). The van der Waals surface area contributed by atoms with Crippen LogP contribution in [-0.2, 0) is 4.79 Å². The average molecular weight is 407 g/mol. The van der Waals surface area contributed by atoms with Crippen molar-refractivity contribution >= 4 is 23.5 Å². The number of aromatic amines is 1. The number of benzene rings is 1. The molecule has 0 saturated carbocycles. The lowest BCUT2D eigenvalue weighted by molar-refractivity contribution is -0.115. The number of aromatic nitrogens is 3. The number of pyridine rings is 1. The van der Waals surface area contributed by atoms with Crippen LogP contribution < -0.4 is 10.9 Å². The fraction of sp³-hybridized carbons (Fsp3) is 0.238. The summed E-state index contributed by atoms with van der Waals surface area (Å²) in [6.45, 7) is 5.77. The number of amides is 1. The number of carbonyl (C=O) groups excluding carboxylic acids is 1. The zero-order valence-electron chi connectivity index (χ0n) is 16.4. The van der Waals surface area contributed by atoms with E-state index in [4.69, 9.17) is 0 Å². The number of carbonyl (C=O) groups is 1. The molecule has 29 heavy (non-hydrogen) atoms. The minimum Gasteiger partial charge on any atom is -0.311 e. The summed E-state index contributed by atoms with van der Waals surface area (Å²) in [5.74, 6) is 0.587. The van der Waals surface area contributed by atoms with E-state index in [1.54, 1.807) is 12.1 Å². The van der Waals surface area contributed by atoms with Crippen LogP contribution in [0.1, 0.15) is 28.8 Å². The van der Waals surface area contributed by atoms with Crippen molar-refractivity contribution < 1.29 is 4.79 Å². The highest BCUT2D eigenvalue weighted by atomic mass is 32.2. The second-order valence-corrected chi connectivity index (χ2v) is 7.65. The third-order valence-corrected chi connectivity index (χ3v) is 5.63. The Morgan fingerprint density at radius 3 is 2.66 bits per heavy atom. The van der Waals surface area contributed by atoms with E-state index in [1.807, 2.05) is 39.0 Å². The molecule has 2 aromatic heterocycles. The van der Waals surface area contributed by atoms with Crippen molar-refractivity contribution in [2.24, 2.45) is 0 Å². The lowest BCUT2D eigenvalue weighted by Crippen LogP contribution is -2.14. The number of para-hydroxylation sites is 1. The molecule has 0 atom stereocenters. The molecule has 3 aromatic rings. The van der Waals surface area contributed by atoms with Crippen molar-refractivity contribution in [3.63, 3.8) is 0 Å². The van der Waals surface area contributed by atoms with E-state index < -0.39 is 0 Å².